The Hall–Kier alpha value is -0.920. The number of rotatable bonds is 7. The SMILES string of the molecule is CCc1ccc(S(=O)(=O)N(CC(N)=O)CC(C)C)s1. The van der Waals surface area contributed by atoms with Crippen molar-refractivity contribution >= 4 is 27.3 Å². The lowest BCUT2D eigenvalue weighted by molar-refractivity contribution is -0.118. The molecule has 19 heavy (non-hydrogen) atoms. The number of aryl methyl sites for hydroxylation is 1. The lowest BCUT2D eigenvalue weighted by atomic mass is 10.2. The Labute approximate surface area is 118 Å². The maximum absolute atomic E-state index is 12.5. The van der Waals surface area contributed by atoms with Crippen molar-refractivity contribution in [3.05, 3.63) is 17.0 Å². The van der Waals surface area contributed by atoms with Crippen LogP contribution in [0.1, 0.15) is 25.6 Å². The molecule has 0 saturated heterocycles. The first-order valence-electron chi connectivity index (χ1n) is 6.14. The van der Waals surface area contributed by atoms with Gasteiger partial charge in [0.2, 0.25) is 5.91 Å². The number of nitrogens with zero attached hydrogens (tertiary/aromatic N) is 1. The number of nitrogens with two attached hydrogens (primary N) is 1. The normalized spacial score (nSPS) is 12.3. The Bertz CT molecular complexity index is 535. The summed E-state index contributed by atoms with van der Waals surface area (Å²) in [6.45, 7) is 5.77. The fourth-order valence-electron chi connectivity index (χ4n) is 1.64. The molecule has 1 rings (SSSR count). The molecular weight excluding hydrogens is 284 g/mol. The highest BCUT2D eigenvalue weighted by Crippen LogP contribution is 2.25. The highest BCUT2D eigenvalue weighted by molar-refractivity contribution is 7.91. The van der Waals surface area contributed by atoms with Gasteiger partial charge < -0.3 is 5.73 Å². The van der Waals surface area contributed by atoms with E-state index in [2.05, 4.69) is 0 Å². The van der Waals surface area contributed by atoms with Gasteiger partial charge in [-0.3, -0.25) is 4.79 Å². The van der Waals surface area contributed by atoms with Gasteiger partial charge in [0.15, 0.2) is 0 Å². The third-order valence-corrected chi connectivity index (χ3v) is 5.99. The van der Waals surface area contributed by atoms with Crippen LogP contribution in [0.2, 0.25) is 0 Å². The molecule has 0 saturated carbocycles. The first-order chi connectivity index (χ1) is 8.77. The molecule has 0 aliphatic rings. The third kappa shape index (κ3) is 4.29. The van der Waals surface area contributed by atoms with Crippen LogP contribution in [0.25, 0.3) is 0 Å². The summed E-state index contributed by atoms with van der Waals surface area (Å²) in [7, 11) is -3.63. The predicted octanol–water partition coefficient (Wildman–Crippen LogP) is 1.44. The second kappa shape index (κ2) is 6.49. The van der Waals surface area contributed by atoms with Gasteiger partial charge in [0.05, 0.1) is 6.54 Å². The third-order valence-electron chi connectivity index (χ3n) is 2.48. The van der Waals surface area contributed by atoms with Crippen molar-refractivity contribution in [1.82, 2.24) is 4.31 Å². The zero-order valence-electron chi connectivity index (χ0n) is 11.4. The lowest BCUT2D eigenvalue weighted by Gasteiger charge is -2.21. The number of thiophene rings is 1. The van der Waals surface area contributed by atoms with Crippen LogP contribution in [-0.4, -0.2) is 31.7 Å². The number of carbonyl (C=O) groups is 1. The molecule has 0 spiro atoms. The summed E-state index contributed by atoms with van der Waals surface area (Å²) < 4.78 is 26.4. The van der Waals surface area contributed by atoms with Gasteiger partial charge in [-0.2, -0.15) is 4.31 Å². The molecule has 2 N–H and O–H groups in total. The summed E-state index contributed by atoms with van der Waals surface area (Å²) in [5.74, 6) is -0.517. The molecule has 0 aliphatic carbocycles. The Balaban J connectivity index is 3.07. The number of primary amides is 1. The summed E-state index contributed by atoms with van der Waals surface area (Å²) >= 11 is 1.24. The molecule has 0 aromatic carbocycles. The molecule has 0 aliphatic heterocycles. The molecule has 108 valence electrons. The zero-order valence-corrected chi connectivity index (χ0v) is 13.1. The van der Waals surface area contributed by atoms with Crippen LogP contribution in [0.4, 0.5) is 0 Å². The van der Waals surface area contributed by atoms with Crippen molar-refractivity contribution in [3.8, 4) is 0 Å². The van der Waals surface area contributed by atoms with Crippen LogP contribution in [0.3, 0.4) is 0 Å². The van der Waals surface area contributed by atoms with Crippen molar-refractivity contribution in [2.45, 2.75) is 31.4 Å². The second-order valence-electron chi connectivity index (χ2n) is 4.73. The van der Waals surface area contributed by atoms with Gasteiger partial charge >= 0.3 is 0 Å². The van der Waals surface area contributed by atoms with E-state index in [-0.39, 0.29) is 23.2 Å². The van der Waals surface area contributed by atoms with Crippen LogP contribution >= 0.6 is 11.3 Å². The van der Waals surface area contributed by atoms with Crippen molar-refractivity contribution in [3.63, 3.8) is 0 Å². The van der Waals surface area contributed by atoms with E-state index in [9.17, 15) is 13.2 Å². The van der Waals surface area contributed by atoms with E-state index in [4.69, 9.17) is 5.73 Å². The lowest BCUT2D eigenvalue weighted by Crippen LogP contribution is -2.40. The van der Waals surface area contributed by atoms with Gasteiger partial charge in [-0.1, -0.05) is 20.8 Å². The Kier molecular flexibility index (Phi) is 5.51. The molecule has 0 unspecified atom stereocenters. The van der Waals surface area contributed by atoms with Gasteiger partial charge in [0, 0.05) is 11.4 Å². The minimum atomic E-state index is -3.63. The van der Waals surface area contributed by atoms with Crippen molar-refractivity contribution < 1.29 is 13.2 Å². The standard InChI is InChI=1S/C12H20N2O3S2/c1-4-10-5-6-12(18-10)19(16,17)14(7-9(2)3)8-11(13)15/h5-6,9H,4,7-8H2,1-3H3,(H2,13,15). The Morgan fingerprint density at radius 2 is 2.05 bits per heavy atom. The van der Waals surface area contributed by atoms with Gasteiger partial charge in [-0.15, -0.1) is 11.3 Å². The van der Waals surface area contributed by atoms with E-state index < -0.39 is 15.9 Å². The maximum atomic E-state index is 12.5. The van der Waals surface area contributed by atoms with Crippen molar-refractivity contribution in [2.75, 3.05) is 13.1 Å². The van der Waals surface area contributed by atoms with Crippen LogP contribution in [0.15, 0.2) is 16.3 Å². The van der Waals surface area contributed by atoms with E-state index in [0.717, 1.165) is 15.6 Å². The van der Waals surface area contributed by atoms with E-state index in [0.29, 0.717) is 0 Å². The molecule has 1 amide bonds. The van der Waals surface area contributed by atoms with Gasteiger partial charge in [0.25, 0.3) is 10.0 Å². The molecule has 0 radical (unpaired) electrons. The number of hydrogen-bond acceptors (Lipinski definition) is 4. The van der Waals surface area contributed by atoms with Crippen molar-refractivity contribution in [2.24, 2.45) is 11.7 Å². The van der Waals surface area contributed by atoms with Gasteiger partial charge in [0.1, 0.15) is 4.21 Å². The summed E-state index contributed by atoms with van der Waals surface area (Å²) in [6.07, 6.45) is 0.792. The first-order valence-corrected chi connectivity index (χ1v) is 8.40. The van der Waals surface area contributed by atoms with Crippen LogP contribution in [-0.2, 0) is 21.2 Å². The number of sulfonamides is 1. The minimum absolute atomic E-state index is 0.125. The molecule has 5 nitrogen and oxygen atoms in total. The largest absolute Gasteiger partial charge is 0.369 e. The molecule has 7 heteroatoms. The summed E-state index contributed by atoms with van der Waals surface area (Å²) in [4.78, 5) is 12.1. The molecule has 0 bridgehead atoms. The second-order valence-corrected chi connectivity index (χ2v) is 8.07. The summed E-state index contributed by atoms with van der Waals surface area (Å²) in [5, 5.41) is 0. The summed E-state index contributed by atoms with van der Waals surface area (Å²) in [6, 6.07) is 3.39. The molecule has 1 aromatic heterocycles. The van der Waals surface area contributed by atoms with Gasteiger partial charge in [-0.05, 0) is 24.5 Å². The van der Waals surface area contributed by atoms with Crippen LogP contribution < -0.4 is 5.73 Å². The molecule has 0 fully saturated rings. The average Bonchev–Trinajstić information content (AvgIpc) is 2.75. The Morgan fingerprint density at radius 1 is 1.42 bits per heavy atom. The van der Waals surface area contributed by atoms with Crippen molar-refractivity contribution in [1.29, 1.82) is 0 Å². The zero-order chi connectivity index (χ0) is 14.6. The van der Waals surface area contributed by atoms with Crippen LogP contribution in [0, 0.1) is 5.92 Å². The molecular formula is C12H20N2O3S2. The fraction of sp³-hybridized carbons (Fsp3) is 0.583. The quantitative estimate of drug-likeness (QED) is 0.827. The van der Waals surface area contributed by atoms with Gasteiger partial charge in [-0.25, -0.2) is 8.42 Å². The smallest absolute Gasteiger partial charge is 0.253 e. The number of carbonyl (C=O) groups excluding carboxylic acids is 1. The highest BCUT2D eigenvalue weighted by Gasteiger charge is 2.27. The highest BCUT2D eigenvalue weighted by atomic mass is 32.2. The van der Waals surface area contributed by atoms with E-state index >= 15 is 0 Å². The monoisotopic (exact) mass is 304 g/mol. The topological polar surface area (TPSA) is 80.5 Å². The van der Waals surface area contributed by atoms with E-state index in [1.807, 2.05) is 20.8 Å². The molecule has 0 atom stereocenters. The minimum Gasteiger partial charge on any atom is -0.369 e. The molecule has 1 heterocycles. The van der Waals surface area contributed by atoms with Crippen LogP contribution in [0.5, 0.6) is 0 Å². The van der Waals surface area contributed by atoms with E-state index in [1.165, 1.54) is 11.3 Å². The molecule has 1 aromatic rings. The number of hydrogen-bond donors (Lipinski definition) is 1. The fourth-order valence-corrected chi connectivity index (χ4v) is 4.66. The van der Waals surface area contributed by atoms with E-state index in [1.54, 1.807) is 12.1 Å². The first kappa shape index (κ1) is 16.1. The maximum Gasteiger partial charge on any atom is 0.253 e. The predicted molar refractivity (Wildman–Crippen MR) is 76.5 cm³/mol. The number of amides is 1. The average molecular weight is 304 g/mol. The Morgan fingerprint density at radius 3 is 2.47 bits per heavy atom. The summed E-state index contributed by atoms with van der Waals surface area (Å²) in [5.41, 5.74) is 5.13.